The molecule has 0 atom stereocenters. The van der Waals surface area contributed by atoms with Gasteiger partial charge in [0.15, 0.2) is 0 Å². The summed E-state index contributed by atoms with van der Waals surface area (Å²) in [5.41, 5.74) is 9.51. The first-order chi connectivity index (χ1) is 15.5. The Labute approximate surface area is 199 Å². The number of nitrogens with one attached hydrogen (secondary N) is 1. The normalized spacial score (nSPS) is 10.8. The fraction of sp³-hybridized carbons (Fsp3) is 0.107. The number of aryl methyl sites for hydroxylation is 1. The van der Waals surface area contributed by atoms with Crippen molar-refractivity contribution in [2.45, 2.75) is 18.7 Å². The van der Waals surface area contributed by atoms with Crippen molar-refractivity contribution in [2.75, 3.05) is 11.6 Å². The maximum atomic E-state index is 6.46. The number of nitrogens with zero attached hydrogens (tertiary/aromatic N) is 1. The minimum absolute atomic E-state index is 0.667. The van der Waals surface area contributed by atoms with Crippen LogP contribution in [0.2, 0.25) is 5.02 Å². The van der Waals surface area contributed by atoms with E-state index in [0.29, 0.717) is 5.02 Å². The van der Waals surface area contributed by atoms with Crippen LogP contribution in [0, 0.1) is 13.8 Å². The maximum absolute atomic E-state index is 6.46. The smallest absolute Gasteiger partial charge is 0.0717 e. The predicted molar refractivity (Wildman–Crippen MR) is 140 cm³/mol. The van der Waals surface area contributed by atoms with Crippen LogP contribution >= 0.6 is 23.4 Å². The van der Waals surface area contributed by atoms with E-state index in [1.165, 1.54) is 27.1 Å². The maximum Gasteiger partial charge on any atom is 0.0717 e. The van der Waals surface area contributed by atoms with Gasteiger partial charge in [-0.15, -0.1) is 11.8 Å². The van der Waals surface area contributed by atoms with Gasteiger partial charge in [0.25, 0.3) is 0 Å². The summed E-state index contributed by atoms with van der Waals surface area (Å²) in [6.07, 6.45) is 3.87. The molecule has 4 heteroatoms. The van der Waals surface area contributed by atoms with E-state index >= 15 is 0 Å². The minimum Gasteiger partial charge on any atom is -0.355 e. The van der Waals surface area contributed by atoms with Crippen molar-refractivity contribution in [3.05, 3.63) is 107 Å². The number of anilines is 1. The molecule has 3 aromatic carbocycles. The van der Waals surface area contributed by atoms with E-state index in [-0.39, 0.29) is 0 Å². The van der Waals surface area contributed by atoms with Crippen LogP contribution in [0.4, 0.5) is 5.69 Å². The highest BCUT2D eigenvalue weighted by Crippen LogP contribution is 2.36. The van der Waals surface area contributed by atoms with Crippen LogP contribution in [-0.4, -0.2) is 11.2 Å². The number of pyridine rings is 1. The molecule has 1 aromatic heterocycles. The molecular weight excluding hydrogens is 432 g/mol. The Morgan fingerprint density at radius 2 is 1.75 bits per heavy atom. The third-order valence-electron chi connectivity index (χ3n) is 5.65. The molecule has 0 aliphatic rings. The molecule has 2 nitrogen and oxygen atoms in total. The number of aromatic nitrogens is 1. The summed E-state index contributed by atoms with van der Waals surface area (Å²) in [4.78, 5) is 5.67. The van der Waals surface area contributed by atoms with Gasteiger partial charge in [0.1, 0.15) is 0 Å². The molecule has 0 radical (unpaired) electrons. The fourth-order valence-corrected chi connectivity index (χ4v) is 4.40. The van der Waals surface area contributed by atoms with Gasteiger partial charge in [0.05, 0.1) is 10.7 Å². The van der Waals surface area contributed by atoms with Gasteiger partial charge in [0, 0.05) is 33.6 Å². The molecule has 32 heavy (non-hydrogen) atoms. The van der Waals surface area contributed by atoms with E-state index in [4.69, 9.17) is 11.6 Å². The van der Waals surface area contributed by atoms with Crippen molar-refractivity contribution >= 4 is 34.7 Å². The molecule has 0 saturated carbocycles. The van der Waals surface area contributed by atoms with Gasteiger partial charge in [-0.1, -0.05) is 48.5 Å². The van der Waals surface area contributed by atoms with Crippen LogP contribution in [0.1, 0.15) is 16.7 Å². The fourth-order valence-electron chi connectivity index (χ4n) is 3.74. The zero-order valence-electron chi connectivity index (χ0n) is 18.4. The Bertz CT molecular complexity index is 1280. The SMILES string of the molecule is C=C(Nc1ccc(Cl)c(-c2ccccn2)c1)c1ccc(SC)cc1-c1cccc(C)c1C. The molecule has 0 fully saturated rings. The molecule has 0 aliphatic carbocycles. The third kappa shape index (κ3) is 4.59. The summed E-state index contributed by atoms with van der Waals surface area (Å²) in [7, 11) is 0. The largest absolute Gasteiger partial charge is 0.355 e. The second kappa shape index (κ2) is 9.64. The number of rotatable bonds is 6. The Hall–Kier alpha value is -3.01. The quantitative estimate of drug-likeness (QED) is 0.294. The first-order valence-electron chi connectivity index (χ1n) is 10.4. The lowest BCUT2D eigenvalue weighted by atomic mass is 9.92. The summed E-state index contributed by atoms with van der Waals surface area (Å²) in [6, 6.07) is 24.7. The molecule has 4 rings (SSSR count). The Kier molecular flexibility index (Phi) is 6.69. The topological polar surface area (TPSA) is 24.9 Å². The zero-order valence-corrected chi connectivity index (χ0v) is 20.0. The van der Waals surface area contributed by atoms with Crippen molar-refractivity contribution in [2.24, 2.45) is 0 Å². The van der Waals surface area contributed by atoms with E-state index in [1.54, 1.807) is 18.0 Å². The lowest BCUT2D eigenvalue weighted by Crippen LogP contribution is -2.01. The number of halogens is 1. The monoisotopic (exact) mass is 456 g/mol. The van der Waals surface area contributed by atoms with E-state index < -0.39 is 0 Å². The summed E-state index contributed by atoms with van der Waals surface area (Å²) < 4.78 is 0. The molecule has 0 saturated heterocycles. The Morgan fingerprint density at radius 3 is 2.50 bits per heavy atom. The molecule has 1 heterocycles. The third-order valence-corrected chi connectivity index (χ3v) is 6.70. The van der Waals surface area contributed by atoms with Gasteiger partial charge in [-0.05, 0) is 84.8 Å². The summed E-state index contributed by atoms with van der Waals surface area (Å²) in [5, 5.41) is 4.16. The van der Waals surface area contributed by atoms with Crippen molar-refractivity contribution in [3.63, 3.8) is 0 Å². The Balaban J connectivity index is 1.73. The Morgan fingerprint density at radius 1 is 0.906 bits per heavy atom. The number of hydrogen-bond donors (Lipinski definition) is 1. The van der Waals surface area contributed by atoms with Crippen LogP contribution < -0.4 is 5.32 Å². The van der Waals surface area contributed by atoms with Crippen LogP contribution in [0.5, 0.6) is 0 Å². The molecule has 0 spiro atoms. The van der Waals surface area contributed by atoms with Gasteiger partial charge < -0.3 is 5.32 Å². The van der Waals surface area contributed by atoms with Crippen LogP contribution in [-0.2, 0) is 0 Å². The van der Waals surface area contributed by atoms with Gasteiger partial charge in [-0.25, -0.2) is 0 Å². The van der Waals surface area contributed by atoms with E-state index in [9.17, 15) is 0 Å². The van der Waals surface area contributed by atoms with Crippen molar-refractivity contribution in [1.29, 1.82) is 0 Å². The van der Waals surface area contributed by atoms with Crippen LogP contribution in [0.3, 0.4) is 0 Å². The molecule has 0 amide bonds. The van der Waals surface area contributed by atoms with Crippen molar-refractivity contribution < 1.29 is 0 Å². The number of benzene rings is 3. The number of thioether (sulfide) groups is 1. The van der Waals surface area contributed by atoms with Crippen LogP contribution in [0.15, 0.2) is 90.5 Å². The van der Waals surface area contributed by atoms with Gasteiger partial charge >= 0.3 is 0 Å². The van der Waals surface area contributed by atoms with Crippen LogP contribution in [0.25, 0.3) is 28.1 Å². The van der Waals surface area contributed by atoms with Crippen molar-refractivity contribution in [3.8, 4) is 22.4 Å². The second-order valence-electron chi connectivity index (χ2n) is 7.67. The van der Waals surface area contributed by atoms with E-state index in [1.807, 2.05) is 36.4 Å². The standard InChI is InChI=1S/C28H25ClN2S/c1-18-8-7-9-23(19(18)2)25-17-22(32-4)12-13-24(25)20(3)31-21-11-14-27(29)26(16-21)28-10-5-6-15-30-28/h5-17,31H,3H2,1-2,4H3. The first kappa shape index (κ1) is 22.2. The second-order valence-corrected chi connectivity index (χ2v) is 8.96. The molecule has 1 N–H and O–H groups in total. The lowest BCUT2D eigenvalue weighted by molar-refractivity contribution is 1.32. The van der Waals surface area contributed by atoms with Gasteiger partial charge in [0.2, 0.25) is 0 Å². The van der Waals surface area contributed by atoms with E-state index in [2.05, 4.69) is 73.4 Å². The first-order valence-corrected chi connectivity index (χ1v) is 12.0. The average Bonchev–Trinajstić information content (AvgIpc) is 2.82. The van der Waals surface area contributed by atoms with Gasteiger partial charge in [-0.2, -0.15) is 0 Å². The van der Waals surface area contributed by atoms with E-state index in [0.717, 1.165) is 28.2 Å². The van der Waals surface area contributed by atoms with Gasteiger partial charge in [-0.3, -0.25) is 4.98 Å². The molecule has 0 bridgehead atoms. The number of hydrogen-bond acceptors (Lipinski definition) is 3. The zero-order chi connectivity index (χ0) is 22.7. The highest BCUT2D eigenvalue weighted by atomic mass is 35.5. The molecule has 4 aromatic rings. The molecular formula is C28H25ClN2S. The summed E-state index contributed by atoms with van der Waals surface area (Å²) in [5.74, 6) is 0. The molecule has 0 unspecified atom stereocenters. The highest BCUT2D eigenvalue weighted by Gasteiger charge is 2.14. The predicted octanol–water partition coefficient (Wildman–Crippen LogP) is 8.49. The summed E-state index contributed by atoms with van der Waals surface area (Å²) >= 11 is 8.20. The van der Waals surface area contributed by atoms with Crippen molar-refractivity contribution in [1.82, 2.24) is 4.98 Å². The lowest BCUT2D eigenvalue weighted by Gasteiger charge is -2.18. The molecule has 160 valence electrons. The average molecular weight is 457 g/mol. The summed E-state index contributed by atoms with van der Waals surface area (Å²) in [6.45, 7) is 8.70. The minimum atomic E-state index is 0.667. The highest BCUT2D eigenvalue weighted by molar-refractivity contribution is 7.98. The molecule has 0 aliphatic heterocycles.